The lowest BCUT2D eigenvalue weighted by molar-refractivity contribution is 0.595. The van der Waals surface area contributed by atoms with Gasteiger partial charge in [0, 0.05) is 24.5 Å². The third kappa shape index (κ3) is 5.48. The zero-order valence-electron chi connectivity index (χ0n) is 11.2. The standard InChI is InChI=1S/C12H18N2O4S2/c1-19(15,16)9-20(17,18)14-12-4-2-10(3-5-12)8-13-11-6-7-11/h2-5,11,13-14H,6-9H2,1H3. The molecule has 1 aliphatic carbocycles. The molecule has 1 aromatic rings. The molecule has 0 radical (unpaired) electrons. The number of rotatable bonds is 7. The maximum atomic E-state index is 11.6. The third-order valence-corrected chi connectivity index (χ3v) is 6.27. The summed E-state index contributed by atoms with van der Waals surface area (Å²) in [6, 6.07) is 7.50. The van der Waals surface area contributed by atoms with Crippen LogP contribution in [0.1, 0.15) is 18.4 Å². The molecule has 0 aromatic heterocycles. The lowest BCUT2D eigenvalue weighted by Gasteiger charge is -2.08. The van der Waals surface area contributed by atoms with Crippen LogP contribution in [0.3, 0.4) is 0 Å². The van der Waals surface area contributed by atoms with E-state index in [9.17, 15) is 16.8 Å². The molecule has 1 saturated carbocycles. The zero-order valence-corrected chi connectivity index (χ0v) is 12.8. The van der Waals surface area contributed by atoms with E-state index < -0.39 is 24.9 Å². The minimum absolute atomic E-state index is 0.365. The summed E-state index contributed by atoms with van der Waals surface area (Å²) in [6.45, 7) is 0.751. The molecule has 1 aliphatic rings. The summed E-state index contributed by atoms with van der Waals surface area (Å²) in [7, 11) is -7.46. The summed E-state index contributed by atoms with van der Waals surface area (Å²) >= 11 is 0. The summed E-state index contributed by atoms with van der Waals surface area (Å²) < 4.78 is 47.5. The molecule has 112 valence electrons. The first kappa shape index (κ1) is 15.3. The van der Waals surface area contributed by atoms with Gasteiger partial charge in [-0.15, -0.1) is 0 Å². The number of hydrogen-bond donors (Lipinski definition) is 2. The van der Waals surface area contributed by atoms with E-state index in [0.717, 1.165) is 18.4 Å². The van der Waals surface area contributed by atoms with E-state index in [1.165, 1.54) is 12.8 Å². The maximum absolute atomic E-state index is 11.6. The van der Waals surface area contributed by atoms with Gasteiger partial charge in [0.15, 0.2) is 14.9 Å². The fourth-order valence-electron chi connectivity index (χ4n) is 1.73. The van der Waals surface area contributed by atoms with Crippen molar-refractivity contribution in [1.29, 1.82) is 0 Å². The highest BCUT2D eigenvalue weighted by molar-refractivity contribution is 8.08. The van der Waals surface area contributed by atoms with Crippen molar-refractivity contribution in [3.05, 3.63) is 29.8 Å². The average Bonchev–Trinajstić information content (AvgIpc) is 3.08. The summed E-state index contributed by atoms with van der Waals surface area (Å²) in [4.78, 5) is 0. The monoisotopic (exact) mass is 318 g/mol. The molecular formula is C12H18N2O4S2. The molecule has 0 atom stereocenters. The fraction of sp³-hybridized carbons (Fsp3) is 0.500. The first-order valence-electron chi connectivity index (χ1n) is 6.24. The van der Waals surface area contributed by atoms with Gasteiger partial charge in [0.1, 0.15) is 0 Å². The van der Waals surface area contributed by atoms with Gasteiger partial charge in [-0.2, -0.15) is 0 Å². The SMILES string of the molecule is CS(=O)(=O)CS(=O)(=O)Nc1ccc(CNC2CC2)cc1. The molecule has 8 heteroatoms. The van der Waals surface area contributed by atoms with E-state index >= 15 is 0 Å². The van der Waals surface area contributed by atoms with Crippen molar-refractivity contribution in [1.82, 2.24) is 5.32 Å². The van der Waals surface area contributed by atoms with Gasteiger partial charge in [0.05, 0.1) is 0 Å². The molecule has 0 bridgehead atoms. The lowest BCUT2D eigenvalue weighted by Crippen LogP contribution is -2.22. The molecule has 6 nitrogen and oxygen atoms in total. The first-order chi connectivity index (χ1) is 9.23. The van der Waals surface area contributed by atoms with Crippen molar-refractivity contribution in [2.75, 3.05) is 16.1 Å². The van der Waals surface area contributed by atoms with Crippen LogP contribution in [-0.2, 0) is 26.4 Å². The highest BCUT2D eigenvalue weighted by Crippen LogP contribution is 2.19. The second-order valence-electron chi connectivity index (χ2n) is 5.11. The summed E-state index contributed by atoms with van der Waals surface area (Å²) in [5, 5.41) is 2.44. The number of hydrogen-bond acceptors (Lipinski definition) is 5. The molecule has 1 fully saturated rings. The van der Waals surface area contributed by atoms with Crippen molar-refractivity contribution < 1.29 is 16.8 Å². The van der Waals surface area contributed by atoms with Crippen LogP contribution in [0, 0.1) is 0 Å². The molecule has 0 aliphatic heterocycles. The molecule has 1 aromatic carbocycles. The van der Waals surface area contributed by atoms with Gasteiger partial charge in [-0.05, 0) is 30.5 Å². The number of sulfonamides is 1. The topological polar surface area (TPSA) is 92.3 Å². The Morgan fingerprint density at radius 3 is 2.20 bits per heavy atom. The van der Waals surface area contributed by atoms with Crippen molar-refractivity contribution in [3.63, 3.8) is 0 Å². The minimum Gasteiger partial charge on any atom is -0.310 e. The number of anilines is 1. The minimum atomic E-state index is -3.87. The van der Waals surface area contributed by atoms with Crippen LogP contribution in [0.25, 0.3) is 0 Å². The first-order valence-corrected chi connectivity index (χ1v) is 9.95. The number of benzene rings is 1. The summed E-state index contributed by atoms with van der Waals surface area (Å²) in [5.74, 6) is 0. The van der Waals surface area contributed by atoms with Gasteiger partial charge in [0.2, 0.25) is 10.0 Å². The van der Waals surface area contributed by atoms with Gasteiger partial charge < -0.3 is 5.32 Å². The van der Waals surface area contributed by atoms with E-state index in [0.29, 0.717) is 11.7 Å². The van der Waals surface area contributed by atoms with E-state index in [2.05, 4.69) is 10.0 Å². The lowest BCUT2D eigenvalue weighted by atomic mass is 10.2. The second-order valence-corrected chi connectivity index (χ2v) is 9.34. The van der Waals surface area contributed by atoms with Crippen LogP contribution < -0.4 is 10.0 Å². The fourth-order valence-corrected chi connectivity index (χ4v) is 4.72. The molecule has 0 saturated heterocycles. The largest absolute Gasteiger partial charge is 0.310 e. The average molecular weight is 318 g/mol. The van der Waals surface area contributed by atoms with Crippen LogP contribution in [0.4, 0.5) is 5.69 Å². The van der Waals surface area contributed by atoms with Crippen LogP contribution in [-0.4, -0.2) is 34.2 Å². The summed E-state index contributed by atoms with van der Waals surface area (Å²) in [5.41, 5.74) is 1.42. The van der Waals surface area contributed by atoms with Crippen molar-refractivity contribution in [2.24, 2.45) is 0 Å². The van der Waals surface area contributed by atoms with Crippen molar-refractivity contribution in [3.8, 4) is 0 Å². The predicted octanol–water partition coefficient (Wildman–Crippen LogP) is 0.682. The highest BCUT2D eigenvalue weighted by Gasteiger charge is 2.20. The van der Waals surface area contributed by atoms with Gasteiger partial charge in [-0.25, -0.2) is 16.8 Å². The van der Waals surface area contributed by atoms with E-state index in [1.807, 2.05) is 12.1 Å². The Bertz CT molecular complexity index is 662. The van der Waals surface area contributed by atoms with E-state index in [-0.39, 0.29) is 0 Å². The van der Waals surface area contributed by atoms with Gasteiger partial charge in [0.25, 0.3) is 0 Å². The van der Waals surface area contributed by atoms with E-state index in [4.69, 9.17) is 0 Å². The van der Waals surface area contributed by atoms with Crippen LogP contribution in [0.2, 0.25) is 0 Å². The van der Waals surface area contributed by atoms with Crippen LogP contribution in [0.5, 0.6) is 0 Å². The maximum Gasteiger partial charge on any atom is 0.247 e. The Labute approximate surface area is 119 Å². The van der Waals surface area contributed by atoms with Gasteiger partial charge in [-0.3, -0.25) is 4.72 Å². The Hall–Kier alpha value is -1.12. The molecule has 0 spiro atoms. The Morgan fingerprint density at radius 1 is 1.10 bits per heavy atom. The second kappa shape index (κ2) is 5.71. The van der Waals surface area contributed by atoms with E-state index in [1.54, 1.807) is 12.1 Å². The van der Waals surface area contributed by atoms with Crippen molar-refractivity contribution >= 4 is 25.5 Å². The molecule has 20 heavy (non-hydrogen) atoms. The number of sulfone groups is 1. The van der Waals surface area contributed by atoms with Gasteiger partial charge >= 0.3 is 0 Å². The normalized spacial score (nSPS) is 16.1. The molecule has 0 heterocycles. The molecule has 0 unspecified atom stereocenters. The molecule has 0 amide bonds. The smallest absolute Gasteiger partial charge is 0.247 e. The number of nitrogens with one attached hydrogen (secondary N) is 2. The zero-order chi connectivity index (χ0) is 14.8. The van der Waals surface area contributed by atoms with Crippen LogP contribution in [0.15, 0.2) is 24.3 Å². The Kier molecular flexibility index (Phi) is 4.36. The molecule has 2 N–H and O–H groups in total. The molecule has 2 rings (SSSR count). The highest BCUT2D eigenvalue weighted by atomic mass is 32.3. The summed E-state index contributed by atoms with van der Waals surface area (Å²) in [6.07, 6.45) is 3.31. The predicted molar refractivity (Wildman–Crippen MR) is 78.6 cm³/mol. The van der Waals surface area contributed by atoms with Crippen LogP contribution >= 0.6 is 0 Å². The van der Waals surface area contributed by atoms with Gasteiger partial charge in [-0.1, -0.05) is 12.1 Å². The van der Waals surface area contributed by atoms with Crippen molar-refractivity contribution in [2.45, 2.75) is 25.4 Å². The quantitative estimate of drug-likeness (QED) is 0.771. The molecular weight excluding hydrogens is 300 g/mol. The Morgan fingerprint density at radius 2 is 1.70 bits per heavy atom. The third-order valence-electron chi connectivity index (χ3n) is 2.77. The Balaban J connectivity index is 1.95.